The molecule has 3 N–H and O–H groups in total. The number of anilines is 2. The maximum Gasteiger partial charge on any atom is 0.414 e. The molecule has 2 rings (SSSR count). The van der Waals surface area contributed by atoms with Gasteiger partial charge in [-0.15, -0.1) is 0 Å². The third-order valence-electron chi connectivity index (χ3n) is 3.92. The number of benzene rings is 1. The molecule has 0 radical (unpaired) electrons. The van der Waals surface area contributed by atoms with Crippen molar-refractivity contribution < 1.29 is 23.5 Å². The van der Waals surface area contributed by atoms with E-state index in [0.29, 0.717) is 25.2 Å². The number of cyclic esters (lactones) is 1. The predicted octanol–water partition coefficient (Wildman–Crippen LogP) is 1.90. The molecule has 166 valence electrons. The van der Waals surface area contributed by atoms with E-state index in [1.807, 2.05) is 13.8 Å². The molecule has 0 aromatic heterocycles. The molecule has 1 atom stereocenters. The highest BCUT2D eigenvalue weighted by Crippen LogP contribution is 2.27. The van der Waals surface area contributed by atoms with Crippen molar-refractivity contribution in [2.45, 2.75) is 26.1 Å². The van der Waals surface area contributed by atoms with E-state index in [1.54, 1.807) is 13.1 Å². The second-order valence-corrected chi connectivity index (χ2v) is 6.68. The van der Waals surface area contributed by atoms with Crippen molar-refractivity contribution in [3.63, 3.8) is 0 Å². The molecule has 0 spiro atoms. The lowest BCUT2D eigenvalue weighted by atomic mass is 10.2. The highest BCUT2D eigenvalue weighted by molar-refractivity contribution is 7.78. The molecule has 1 saturated heterocycles. The van der Waals surface area contributed by atoms with Crippen LogP contribution in [0, 0.1) is 11.2 Å². The lowest BCUT2D eigenvalue weighted by Gasteiger charge is -2.21. The molecule has 11 heteroatoms. The normalized spacial score (nSPS) is 15.0. The fourth-order valence-corrected chi connectivity index (χ4v) is 2.79. The van der Waals surface area contributed by atoms with Crippen molar-refractivity contribution in [2.24, 2.45) is 0 Å². The Bertz CT molecular complexity index is 722. The van der Waals surface area contributed by atoms with Gasteiger partial charge in [-0.25, -0.2) is 9.18 Å². The van der Waals surface area contributed by atoms with Gasteiger partial charge >= 0.3 is 6.09 Å². The van der Waals surface area contributed by atoms with Gasteiger partial charge in [-0.2, -0.15) is 0 Å². The number of amides is 2. The number of rotatable bonds is 11. The fraction of sp³-hybridized carbons (Fsp3) is 0.474. The minimum atomic E-state index is -0.563. The van der Waals surface area contributed by atoms with Crippen LogP contribution in [0.2, 0.25) is 0 Å². The molecular formula is C19H28FN5O4S. The summed E-state index contributed by atoms with van der Waals surface area (Å²) >= 11 is 4.38. The van der Waals surface area contributed by atoms with Crippen LogP contribution < -0.4 is 20.4 Å². The number of hydrogen-bond acceptors (Lipinski definition) is 7. The van der Waals surface area contributed by atoms with E-state index in [1.165, 1.54) is 27.5 Å². The topological polar surface area (TPSA) is 107 Å². The van der Waals surface area contributed by atoms with Crippen LogP contribution >= 0.6 is 12.2 Å². The fourth-order valence-electron chi connectivity index (χ4n) is 2.57. The van der Waals surface area contributed by atoms with Crippen molar-refractivity contribution in [3.8, 4) is 0 Å². The van der Waals surface area contributed by atoms with Gasteiger partial charge in [-0.1, -0.05) is 0 Å². The van der Waals surface area contributed by atoms with Crippen molar-refractivity contribution >= 4 is 48.0 Å². The second-order valence-electron chi connectivity index (χ2n) is 6.49. The van der Waals surface area contributed by atoms with Crippen molar-refractivity contribution in [2.75, 3.05) is 43.0 Å². The molecule has 1 aliphatic rings. The highest BCUT2D eigenvalue weighted by Gasteiger charge is 2.32. The highest BCUT2D eigenvalue weighted by atomic mass is 32.1. The lowest BCUT2D eigenvalue weighted by molar-refractivity contribution is -0.109. The first-order valence-corrected chi connectivity index (χ1v) is 9.80. The molecule has 1 aliphatic heterocycles. The number of thiocarbonyl (C=S) groups is 1. The Hall–Kier alpha value is -2.79. The van der Waals surface area contributed by atoms with Crippen LogP contribution in [0.15, 0.2) is 18.2 Å². The first-order valence-electron chi connectivity index (χ1n) is 9.33. The number of likely N-dealkylation sites (N-methyl/N-ethyl adjacent to an activating group) is 1. The molecule has 1 heterocycles. The summed E-state index contributed by atoms with van der Waals surface area (Å²) in [4.78, 5) is 24.9. The zero-order chi connectivity index (χ0) is 22.5. The van der Waals surface area contributed by atoms with Crippen LogP contribution in [0.4, 0.5) is 20.6 Å². The Morgan fingerprint density at radius 3 is 2.73 bits per heavy atom. The maximum absolute atomic E-state index is 14.4. The number of hydrogen-bond donors (Lipinski definition) is 3. The minimum absolute atomic E-state index is 0.195. The summed E-state index contributed by atoms with van der Waals surface area (Å²) in [6.45, 7) is 5.27. The zero-order valence-corrected chi connectivity index (χ0v) is 18.1. The van der Waals surface area contributed by atoms with Crippen molar-refractivity contribution in [3.05, 3.63) is 24.0 Å². The molecule has 30 heavy (non-hydrogen) atoms. The summed E-state index contributed by atoms with van der Waals surface area (Å²) < 4.78 is 24.3. The van der Waals surface area contributed by atoms with Gasteiger partial charge in [0.05, 0.1) is 30.4 Å². The Morgan fingerprint density at radius 2 is 2.23 bits per heavy atom. The van der Waals surface area contributed by atoms with E-state index in [-0.39, 0.29) is 31.0 Å². The van der Waals surface area contributed by atoms with Crippen molar-refractivity contribution in [1.29, 1.82) is 5.41 Å². The summed E-state index contributed by atoms with van der Waals surface area (Å²) in [5, 5.41) is 12.8. The summed E-state index contributed by atoms with van der Waals surface area (Å²) in [5.41, 5.74) is 1.88. The summed E-state index contributed by atoms with van der Waals surface area (Å²) in [5.74, 6) is -0.563. The maximum atomic E-state index is 14.4. The van der Waals surface area contributed by atoms with Gasteiger partial charge in [0.15, 0.2) is 0 Å². The lowest BCUT2D eigenvalue weighted by Crippen LogP contribution is -2.31. The predicted molar refractivity (Wildman–Crippen MR) is 118 cm³/mol. The molecule has 2 amide bonds. The summed E-state index contributed by atoms with van der Waals surface area (Å²) in [6.07, 6.45) is 0.974. The molecule has 0 saturated carbocycles. The zero-order valence-electron chi connectivity index (χ0n) is 17.3. The van der Waals surface area contributed by atoms with Gasteiger partial charge in [0, 0.05) is 19.6 Å². The summed E-state index contributed by atoms with van der Waals surface area (Å²) in [7, 11) is 1.76. The van der Waals surface area contributed by atoms with Crippen LogP contribution in [0.25, 0.3) is 0 Å². The minimum Gasteiger partial charge on any atom is -0.487 e. The Labute approximate surface area is 181 Å². The summed E-state index contributed by atoms with van der Waals surface area (Å²) in [6, 6.07) is 4.34. The van der Waals surface area contributed by atoms with Crippen LogP contribution in [-0.4, -0.2) is 69.8 Å². The van der Waals surface area contributed by atoms with Gasteiger partial charge in [0.1, 0.15) is 17.5 Å². The smallest absolute Gasteiger partial charge is 0.414 e. The third-order valence-corrected chi connectivity index (χ3v) is 4.03. The van der Waals surface area contributed by atoms with E-state index in [2.05, 4.69) is 22.9 Å². The van der Waals surface area contributed by atoms with Crippen LogP contribution in [0.3, 0.4) is 0 Å². The van der Waals surface area contributed by atoms with Crippen LogP contribution in [0.5, 0.6) is 0 Å². The van der Waals surface area contributed by atoms with E-state index < -0.39 is 11.9 Å². The quantitative estimate of drug-likeness (QED) is 0.158. The largest absolute Gasteiger partial charge is 0.487 e. The average Bonchev–Trinajstić information content (AvgIpc) is 3.07. The first kappa shape index (κ1) is 25.2. The number of carbonyl (C=O) groups is 2. The first-order chi connectivity index (χ1) is 14.4. The Balaban J connectivity index is 0.000000656. The van der Waals surface area contributed by atoms with Gasteiger partial charge in [0.2, 0.25) is 6.41 Å². The molecule has 0 aliphatic carbocycles. The number of carbonyl (C=O) groups excluding carboxylic acids is 2. The van der Waals surface area contributed by atoms with E-state index in [9.17, 15) is 14.0 Å². The van der Waals surface area contributed by atoms with Gasteiger partial charge < -0.3 is 25.0 Å². The Kier molecular flexibility index (Phi) is 11.3. The average molecular weight is 442 g/mol. The number of nitrogens with one attached hydrogen (secondary N) is 3. The van der Waals surface area contributed by atoms with Crippen LogP contribution in [-0.2, 0) is 14.3 Å². The number of nitrogens with zero attached hydrogens (tertiary/aromatic N) is 2. The van der Waals surface area contributed by atoms with Crippen molar-refractivity contribution in [1.82, 2.24) is 10.6 Å². The third kappa shape index (κ3) is 7.91. The SMILES string of the molecule is CC(C)OC=S.CNCC1CN(c2ccc(N(C=N)CCNC=O)c(F)c2)C(=O)O1. The molecule has 9 nitrogen and oxygen atoms in total. The van der Waals surface area contributed by atoms with Crippen LogP contribution in [0.1, 0.15) is 13.8 Å². The monoisotopic (exact) mass is 441 g/mol. The number of ether oxygens (including phenoxy) is 2. The molecule has 1 aromatic rings. The second kappa shape index (κ2) is 13.4. The van der Waals surface area contributed by atoms with E-state index in [0.717, 1.165) is 6.34 Å². The molecule has 1 fully saturated rings. The van der Waals surface area contributed by atoms with Gasteiger partial charge in [-0.05, 0) is 51.3 Å². The molecular weight excluding hydrogens is 413 g/mol. The molecule has 1 aromatic carbocycles. The standard InChI is InChI=1S/C15H20FN5O3.C4H8OS/c1-18-7-12-8-21(15(23)24-12)11-2-3-14(13(16)6-11)20(9-17)5-4-19-10-22;1-4(2)5-3-6/h2-3,6,9-10,12,17-18H,4-5,7-8H2,1H3,(H,19,22);3-4H,1-2H3. The van der Waals surface area contributed by atoms with E-state index >= 15 is 0 Å². The Morgan fingerprint density at radius 1 is 1.50 bits per heavy atom. The number of halogens is 1. The van der Waals surface area contributed by atoms with E-state index in [4.69, 9.17) is 14.9 Å². The van der Waals surface area contributed by atoms with Gasteiger partial charge in [-0.3, -0.25) is 15.1 Å². The van der Waals surface area contributed by atoms with Gasteiger partial charge in [0.25, 0.3) is 0 Å². The molecule has 0 bridgehead atoms. The molecule has 1 unspecified atom stereocenters.